The van der Waals surface area contributed by atoms with Gasteiger partial charge in [-0.1, -0.05) is 15.9 Å². The van der Waals surface area contributed by atoms with Gasteiger partial charge in [-0.25, -0.2) is 13.1 Å². The molecule has 0 atom stereocenters. The van der Waals surface area contributed by atoms with Crippen LogP contribution in [0.5, 0.6) is 23.0 Å². The number of nitrogens with one attached hydrogen (secondary N) is 1. The molecule has 29 heavy (non-hydrogen) atoms. The third-order valence-electron chi connectivity index (χ3n) is 3.66. The topological polar surface area (TPSA) is 107 Å². The average Bonchev–Trinajstić information content (AvgIpc) is 2.93. The normalized spacial score (nSPS) is 11.9. The van der Waals surface area contributed by atoms with Crippen LogP contribution in [0.3, 0.4) is 0 Å². The lowest BCUT2D eigenvalue weighted by atomic mass is 10.1. The summed E-state index contributed by atoms with van der Waals surface area (Å²) >= 11 is 3.22. The third kappa shape index (κ3) is 6.31. The van der Waals surface area contributed by atoms with Gasteiger partial charge in [-0.05, 0) is 38.2 Å². The molecule has 8 nitrogen and oxygen atoms in total. The molecular weight excluding hydrogens is 482 g/mol. The monoisotopic (exact) mass is 507 g/mol. The molecule has 1 aromatic carbocycles. The van der Waals surface area contributed by atoms with Crippen molar-refractivity contribution >= 4 is 40.2 Å². The summed E-state index contributed by atoms with van der Waals surface area (Å²) in [5.74, 6) is 0.452. The smallest absolute Gasteiger partial charge is 0.252 e. The van der Waals surface area contributed by atoms with Crippen molar-refractivity contribution in [2.75, 3.05) is 30.0 Å². The molecule has 0 fully saturated rings. The number of anilines is 1. The third-order valence-corrected chi connectivity index (χ3v) is 6.36. The maximum atomic E-state index is 12.4. The predicted octanol–water partition coefficient (Wildman–Crippen LogP) is 4.41. The molecule has 2 N–H and O–H groups in total. The number of sulfonamides is 1. The van der Waals surface area contributed by atoms with E-state index < -0.39 is 18.3 Å². The summed E-state index contributed by atoms with van der Waals surface area (Å²) < 4.78 is 49.3. The van der Waals surface area contributed by atoms with Crippen LogP contribution in [0.2, 0.25) is 19.6 Å². The van der Waals surface area contributed by atoms with Crippen molar-refractivity contribution in [1.29, 1.82) is 0 Å². The van der Waals surface area contributed by atoms with E-state index in [9.17, 15) is 13.5 Å². The molecule has 11 heteroatoms. The van der Waals surface area contributed by atoms with Crippen molar-refractivity contribution in [1.82, 2.24) is 0 Å². The van der Waals surface area contributed by atoms with Gasteiger partial charge >= 0.3 is 0 Å². The van der Waals surface area contributed by atoms with Gasteiger partial charge in [0.05, 0.1) is 20.0 Å². The lowest BCUT2D eigenvalue weighted by Crippen LogP contribution is -2.29. The van der Waals surface area contributed by atoms with Crippen molar-refractivity contribution in [2.45, 2.75) is 26.1 Å². The molecule has 0 aliphatic heterocycles. The minimum Gasteiger partial charge on any atom is -0.538 e. The van der Waals surface area contributed by atoms with E-state index in [4.69, 9.17) is 18.3 Å². The molecule has 1 heterocycles. The number of rotatable bonds is 10. The maximum absolute atomic E-state index is 12.4. The van der Waals surface area contributed by atoms with Gasteiger partial charge < -0.3 is 23.4 Å². The maximum Gasteiger partial charge on any atom is 0.252 e. The van der Waals surface area contributed by atoms with Gasteiger partial charge in [-0.2, -0.15) is 0 Å². The first-order valence-electron chi connectivity index (χ1n) is 8.84. The number of furan rings is 1. The molecule has 0 aliphatic carbocycles. The van der Waals surface area contributed by atoms with E-state index in [1.165, 1.54) is 14.2 Å². The zero-order valence-electron chi connectivity index (χ0n) is 17.0. The van der Waals surface area contributed by atoms with E-state index in [1.807, 2.05) is 19.6 Å². The Morgan fingerprint density at radius 1 is 1.14 bits per heavy atom. The summed E-state index contributed by atoms with van der Waals surface area (Å²) in [5.41, 5.74) is 0.449. The van der Waals surface area contributed by atoms with Crippen LogP contribution in [0.25, 0.3) is 11.3 Å². The largest absolute Gasteiger partial charge is 0.538 e. The molecule has 0 unspecified atom stereocenters. The second-order valence-corrected chi connectivity index (χ2v) is 14.3. The highest BCUT2D eigenvalue weighted by molar-refractivity contribution is 9.09. The van der Waals surface area contributed by atoms with Crippen LogP contribution in [0.1, 0.15) is 6.42 Å². The summed E-state index contributed by atoms with van der Waals surface area (Å²) in [6.45, 7) is 5.74. The highest BCUT2D eigenvalue weighted by Crippen LogP contribution is 2.48. The Labute approximate surface area is 180 Å². The molecule has 2 aromatic rings. The van der Waals surface area contributed by atoms with Crippen LogP contribution in [0, 0.1) is 0 Å². The number of benzene rings is 1. The van der Waals surface area contributed by atoms with E-state index in [2.05, 4.69) is 20.7 Å². The van der Waals surface area contributed by atoms with E-state index in [0.29, 0.717) is 28.8 Å². The molecule has 0 amide bonds. The average molecular weight is 508 g/mol. The Bertz CT molecular complexity index is 932. The van der Waals surface area contributed by atoms with Gasteiger partial charge in [0.1, 0.15) is 11.5 Å². The Hall–Kier alpha value is -1.85. The van der Waals surface area contributed by atoms with E-state index >= 15 is 0 Å². The molecular formula is C18H26BrNO7SSi. The Morgan fingerprint density at radius 2 is 1.72 bits per heavy atom. The lowest BCUT2D eigenvalue weighted by molar-refractivity contribution is 0.394. The summed E-state index contributed by atoms with van der Waals surface area (Å²) in [4.78, 5) is 0. The fourth-order valence-corrected chi connectivity index (χ4v) is 4.94. The number of aromatic hydroxyl groups is 1. The van der Waals surface area contributed by atoms with Crippen LogP contribution in [0.15, 0.2) is 22.6 Å². The minimum absolute atomic E-state index is 0.0247. The van der Waals surface area contributed by atoms with Crippen molar-refractivity contribution in [3.63, 3.8) is 0 Å². The van der Waals surface area contributed by atoms with Gasteiger partial charge in [0.2, 0.25) is 29.8 Å². The summed E-state index contributed by atoms with van der Waals surface area (Å²) in [6.07, 6.45) is 0.423. The first-order chi connectivity index (χ1) is 13.5. The van der Waals surface area contributed by atoms with Crippen LogP contribution >= 0.6 is 15.9 Å². The van der Waals surface area contributed by atoms with E-state index in [1.54, 1.807) is 18.2 Å². The van der Waals surface area contributed by atoms with Crippen LogP contribution in [0.4, 0.5) is 5.88 Å². The number of hydrogen-bond acceptors (Lipinski definition) is 7. The molecule has 2 rings (SSSR count). The van der Waals surface area contributed by atoms with Gasteiger partial charge in [0, 0.05) is 17.0 Å². The van der Waals surface area contributed by atoms with E-state index in [-0.39, 0.29) is 28.9 Å². The number of methoxy groups -OCH3 is 2. The first kappa shape index (κ1) is 23.4. The SMILES string of the molecule is COc1cc(OC)cc(-c2oc(NS(=O)(=O)CCCBr)c(O[Si](C)(C)C)c2O)c1. The lowest BCUT2D eigenvalue weighted by Gasteiger charge is -2.19. The highest BCUT2D eigenvalue weighted by Gasteiger charge is 2.30. The highest BCUT2D eigenvalue weighted by atomic mass is 79.9. The van der Waals surface area contributed by atoms with Crippen LogP contribution in [-0.4, -0.2) is 47.1 Å². The van der Waals surface area contributed by atoms with Crippen molar-refractivity contribution in [3.05, 3.63) is 18.2 Å². The Morgan fingerprint density at radius 3 is 2.21 bits per heavy atom. The van der Waals surface area contributed by atoms with Crippen molar-refractivity contribution in [2.24, 2.45) is 0 Å². The minimum atomic E-state index is -3.68. The van der Waals surface area contributed by atoms with E-state index in [0.717, 1.165) is 0 Å². The van der Waals surface area contributed by atoms with Crippen molar-refractivity contribution < 1.29 is 31.8 Å². The molecule has 162 valence electrons. The first-order valence-corrected chi connectivity index (χ1v) is 15.0. The number of ether oxygens (including phenoxy) is 2. The van der Waals surface area contributed by atoms with Crippen LogP contribution in [-0.2, 0) is 10.0 Å². The van der Waals surface area contributed by atoms with Crippen LogP contribution < -0.4 is 18.6 Å². The number of alkyl halides is 1. The fraction of sp³-hybridized carbons (Fsp3) is 0.444. The Balaban J connectivity index is 2.58. The summed E-state index contributed by atoms with van der Waals surface area (Å²) in [5, 5.41) is 11.4. The predicted molar refractivity (Wildman–Crippen MR) is 119 cm³/mol. The number of halogens is 1. The summed E-state index contributed by atoms with van der Waals surface area (Å²) in [6, 6.07) is 4.96. The van der Waals surface area contributed by atoms with Gasteiger partial charge in [0.25, 0.3) is 5.88 Å². The molecule has 0 aliphatic rings. The van der Waals surface area contributed by atoms with Gasteiger partial charge in [-0.3, -0.25) is 0 Å². The fourth-order valence-electron chi connectivity index (χ4n) is 2.45. The standard InChI is InChI=1S/C18H26BrNO7SSi/c1-24-13-9-12(10-14(11-13)25-2)16-15(21)17(27-29(3,4)5)18(26-16)20-28(22,23)8-6-7-19/h9-11,20-21H,6-8H2,1-5H3. The van der Waals surface area contributed by atoms with Crippen molar-refractivity contribution in [3.8, 4) is 34.3 Å². The van der Waals surface area contributed by atoms with Gasteiger partial charge in [0.15, 0.2) is 5.76 Å². The Kier molecular flexibility index (Phi) is 7.52. The summed E-state index contributed by atoms with van der Waals surface area (Å²) in [7, 11) is -2.87. The molecule has 0 bridgehead atoms. The van der Waals surface area contributed by atoms with Gasteiger partial charge in [-0.15, -0.1) is 0 Å². The molecule has 1 aromatic heterocycles. The quantitative estimate of drug-likeness (QED) is 0.362. The second-order valence-electron chi connectivity index (χ2n) is 7.22. The number of hydrogen-bond donors (Lipinski definition) is 2. The zero-order chi connectivity index (χ0) is 21.8. The second kappa shape index (κ2) is 9.31. The molecule has 0 saturated heterocycles. The molecule has 0 radical (unpaired) electrons. The molecule has 0 spiro atoms. The molecule has 0 saturated carbocycles. The zero-order valence-corrected chi connectivity index (χ0v) is 20.4.